The summed E-state index contributed by atoms with van der Waals surface area (Å²) in [5, 5.41) is 11.6. The summed E-state index contributed by atoms with van der Waals surface area (Å²) in [6, 6.07) is -0.732. The van der Waals surface area contributed by atoms with Crippen LogP contribution in [0.4, 0.5) is 0 Å². The number of esters is 2. The van der Waals surface area contributed by atoms with E-state index in [9.17, 15) is 19.5 Å². The Labute approximate surface area is 356 Å². The maximum atomic E-state index is 12.7. The molecular weight excluding hydrogens is 727 g/mol. The minimum absolute atomic E-state index is 0.0298. The molecule has 0 aliphatic carbocycles. The van der Waals surface area contributed by atoms with Crippen molar-refractivity contribution in [1.82, 2.24) is 0 Å². The molecule has 8 heteroatoms. The predicted molar refractivity (Wildman–Crippen MR) is 240 cm³/mol. The molecule has 0 rings (SSSR count). The van der Waals surface area contributed by atoms with Gasteiger partial charge in [0.25, 0.3) is 0 Å². The van der Waals surface area contributed by atoms with Gasteiger partial charge in [-0.2, -0.15) is 0 Å². The lowest BCUT2D eigenvalue weighted by Gasteiger charge is -2.34. The van der Waals surface area contributed by atoms with Crippen LogP contribution >= 0.6 is 0 Å². The summed E-state index contributed by atoms with van der Waals surface area (Å²) in [6.07, 6.45) is 49.6. The van der Waals surface area contributed by atoms with E-state index in [1.54, 1.807) is 21.1 Å². The maximum absolute atomic E-state index is 12.7. The Morgan fingerprint density at radius 2 is 0.966 bits per heavy atom. The molecule has 0 saturated carbocycles. The SMILES string of the molecule is CC/C=C/C/C=C/C/C=C/C/C=C/C/C=C/CCCCCC(=O)OCC(COCCC(C(=O)[O-])[N+](C)(C)C)OC(=O)CCCCCCCCCCCCCCCCC. The fourth-order valence-corrected chi connectivity index (χ4v) is 6.57. The lowest BCUT2D eigenvalue weighted by Crippen LogP contribution is -2.55. The highest BCUT2D eigenvalue weighted by Gasteiger charge is 2.25. The Balaban J connectivity index is 4.37. The maximum Gasteiger partial charge on any atom is 0.306 e. The average Bonchev–Trinajstić information content (AvgIpc) is 3.18. The van der Waals surface area contributed by atoms with E-state index in [0.29, 0.717) is 12.8 Å². The highest BCUT2D eigenvalue weighted by atomic mass is 16.6. The summed E-state index contributed by atoms with van der Waals surface area (Å²) in [5.74, 6) is -1.77. The molecule has 0 spiro atoms. The Morgan fingerprint density at radius 1 is 0.534 bits per heavy atom. The second-order valence-corrected chi connectivity index (χ2v) is 16.6. The number of quaternary nitrogens is 1. The molecule has 2 unspecified atom stereocenters. The zero-order valence-electron chi connectivity index (χ0n) is 37.9. The van der Waals surface area contributed by atoms with Crippen molar-refractivity contribution in [2.45, 2.75) is 199 Å². The molecule has 0 N–H and O–H groups in total. The van der Waals surface area contributed by atoms with E-state index < -0.39 is 18.1 Å². The summed E-state index contributed by atoms with van der Waals surface area (Å²) in [6.45, 7) is 4.52. The van der Waals surface area contributed by atoms with Crippen LogP contribution in [0.5, 0.6) is 0 Å². The highest BCUT2D eigenvalue weighted by molar-refractivity contribution is 5.70. The summed E-state index contributed by atoms with van der Waals surface area (Å²) in [7, 11) is 5.40. The molecule has 0 fully saturated rings. The molecule has 0 radical (unpaired) electrons. The van der Waals surface area contributed by atoms with Crippen molar-refractivity contribution in [2.75, 3.05) is 41.0 Å². The molecule has 0 aromatic rings. The van der Waals surface area contributed by atoms with Gasteiger partial charge < -0.3 is 28.6 Å². The van der Waals surface area contributed by atoms with Crippen LogP contribution in [0, 0.1) is 0 Å². The van der Waals surface area contributed by atoms with Crippen LogP contribution < -0.4 is 5.11 Å². The molecule has 58 heavy (non-hydrogen) atoms. The lowest BCUT2D eigenvalue weighted by molar-refractivity contribution is -0.889. The second-order valence-electron chi connectivity index (χ2n) is 16.6. The van der Waals surface area contributed by atoms with Gasteiger partial charge in [-0.25, -0.2) is 0 Å². The number of rotatable bonds is 41. The van der Waals surface area contributed by atoms with Crippen molar-refractivity contribution in [3.63, 3.8) is 0 Å². The van der Waals surface area contributed by atoms with E-state index >= 15 is 0 Å². The van der Waals surface area contributed by atoms with Crippen molar-refractivity contribution in [1.29, 1.82) is 0 Å². The lowest BCUT2D eigenvalue weighted by atomic mass is 10.0. The predicted octanol–water partition coefficient (Wildman–Crippen LogP) is 11.6. The van der Waals surface area contributed by atoms with Gasteiger partial charge in [0.15, 0.2) is 6.10 Å². The van der Waals surface area contributed by atoms with Crippen molar-refractivity contribution in [3.05, 3.63) is 60.8 Å². The number of hydrogen-bond acceptors (Lipinski definition) is 7. The molecule has 0 heterocycles. The van der Waals surface area contributed by atoms with E-state index in [0.717, 1.165) is 77.0 Å². The number of nitrogens with zero attached hydrogens (tertiary/aromatic N) is 1. The first-order valence-electron chi connectivity index (χ1n) is 23.3. The van der Waals surface area contributed by atoms with Crippen LogP contribution in [0.1, 0.15) is 187 Å². The third-order valence-corrected chi connectivity index (χ3v) is 10.2. The first-order chi connectivity index (χ1) is 28.1. The molecule has 0 aliphatic rings. The summed E-state index contributed by atoms with van der Waals surface area (Å²) < 4.78 is 17.2. The van der Waals surface area contributed by atoms with Gasteiger partial charge in [0.05, 0.1) is 40.3 Å². The van der Waals surface area contributed by atoms with Crippen LogP contribution in [-0.2, 0) is 28.6 Å². The van der Waals surface area contributed by atoms with Crippen molar-refractivity contribution >= 4 is 17.9 Å². The fourth-order valence-electron chi connectivity index (χ4n) is 6.57. The Bertz CT molecular complexity index is 1130. The van der Waals surface area contributed by atoms with Gasteiger partial charge in [-0.15, -0.1) is 0 Å². The second kappa shape index (κ2) is 40.8. The highest BCUT2D eigenvalue weighted by Crippen LogP contribution is 2.15. The average molecular weight is 814 g/mol. The number of carboxylic acid groups (broad SMARTS) is 1. The number of carbonyl (C=O) groups is 3. The van der Waals surface area contributed by atoms with Crippen LogP contribution in [0.25, 0.3) is 0 Å². The first-order valence-corrected chi connectivity index (χ1v) is 23.3. The quantitative estimate of drug-likeness (QED) is 0.0262. The van der Waals surface area contributed by atoms with Gasteiger partial charge in [0.2, 0.25) is 0 Å². The zero-order valence-corrected chi connectivity index (χ0v) is 37.9. The number of ether oxygens (including phenoxy) is 3. The van der Waals surface area contributed by atoms with E-state index in [-0.39, 0.29) is 42.7 Å². The number of unbranched alkanes of at least 4 members (excludes halogenated alkanes) is 17. The third-order valence-electron chi connectivity index (χ3n) is 10.2. The zero-order chi connectivity index (χ0) is 42.8. The molecule has 0 aliphatic heterocycles. The molecule has 8 nitrogen and oxygen atoms in total. The molecule has 0 aromatic carbocycles. The molecule has 0 amide bonds. The van der Waals surface area contributed by atoms with Gasteiger partial charge in [-0.3, -0.25) is 9.59 Å². The molecule has 2 atom stereocenters. The smallest absolute Gasteiger partial charge is 0.306 e. The largest absolute Gasteiger partial charge is 0.544 e. The van der Waals surface area contributed by atoms with E-state index in [2.05, 4.69) is 74.6 Å². The van der Waals surface area contributed by atoms with E-state index in [4.69, 9.17) is 14.2 Å². The van der Waals surface area contributed by atoms with Gasteiger partial charge in [0, 0.05) is 19.3 Å². The van der Waals surface area contributed by atoms with Crippen LogP contribution in [-0.4, -0.2) is 75.5 Å². The Hall–Kier alpha value is -2.97. The standard InChI is InChI=1S/C50H87NO7/c1-6-8-10-12-14-16-18-20-22-23-24-25-27-28-30-32-34-36-38-40-48(52)57-45-46(44-56-43-42-47(50(54)55)51(3,4)5)58-49(53)41-39-37-35-33-31-29-26-21-19-17-15-13-11-9-7-2/h8,10,14,16,20,22,24-25,28,30,46-47H,6-7,9,11-13,15,17-19,21,23,26-27,29,31-45H2,1-5H3/b10-8+,16-14+,22-20+,25-24+,30-28+. The summed E-state index contributed by atoms with van der Waals surface area (Å²) >= 11 is 0. The van der Waals surface area contributed by atoms with Crippen molar-refractivity contribution in [2.24, 2.45) is 0 Å². The number of aliphatic carboxylic acids is 1. The molecule has 0 saturated heterocycles. The van der Waals surface area contributed by atoms with Crippen LogP contribution in [0.2, 0.25) is 0 Å². The monoisotopic (exact) mass is 814 g/mol. The topological polar surface area (TPSA) is 102 Å². The van der Waals surface area contributed by atoms with Gasteiger partial charge >= 0.3 is 11.9 Å². The molecule has 334 valence electrons. The number of carbonyl (C=O) groups excluding carboxylic acids is 3. The molecular formula is C50H87NO7. The number of carboxylic acids is 1. The number of allylic oxidation sites excluding steroid dienone is 10. The Kier molecular flexibility index (Phi) is 38.7. The summed E-state index contributed by atoms with van der Waals surface area (Å²) in [5.41, 5.74) is 0. The van der Waals surface area contributed by atoms with E-state index in [1.807, 2.05) is 0 Å². The fraction of sp³-hybridized carbons (Fsp3) is 0.740. The summed E-state index contributed by atoms with van der Waals surface area (Å²) in [4.78, 5) is 36.9. The minimum Gasteiger partial charge on any atom is -0.544 e. The van der Waals surface area contributed by atoms with Crippen molar-refractivity contribution < 1.29 is 38.2 Å². The van der Waals surface area contributed by atoms with E-state index in [1.165, 1.54) is 77.0 Å². The van der Waals surface area contributed by atoms with Crippen LogP contribution in [0.3, 0.4) is 0 Å². The van der Waals surface area contributed by atoms with Crippen molar-refractivity contribution in [3.8, 4) is 0 Å². The van der Waals surface area contributed by atoms with Gasteiger partial charge in [-0.05, 0) is 57.8 Å². The minimum atomic E-state index is -1.13. The normalized spacial score (nSPS) is 13.5. The van der Waals surface area contributed by atoms with Gasteiger partial charge in [0.1, 0.15) is 12.6 Å². The molecule has 0 aromatic heterocycles. The van der Waals surface area contributed by atoms with Gasteiger partial charge in [-0.1, -0.05) is 171 Å². The molecule has 0 bridgehead atoms. The first kappa shape index (κ1) is 55.0. The third kappa shape index (κ3) is 38.5. The van der Waals surface area contributed by atoms with Crippen LogP contribution in [0.15, 0.2) is 60.8 Å². The number of hydrogen-bond donors (Lipinski definition) is 0. The Morgan fingerprint density at radius 3 is 1.43 bits per heavy atom. The number of likely N-dealkylation sites (N-methyl/N-ethyl adjacent to an activating group) is 1.